The molecule has 0 atom stereocenters. The molecule has 0 amide bonds. The molecule has 0 N–H and O–H groups in total. The minimum atomic E-state index is 0.562. The van der Waals surface area contributed by atoms with Gasteiger partial charge in [0, 0.05) is 54.8 Å². The molecule has 10 aromatic carbocycles. The van der Waals surface area contributed by atoms with E-state index in [0.717, 1.165) is 66.1 Å². The van der Waals surface area contributed by atoms with E-state index in [1.165, 1.54) is 43.4 Å². The van der Waals surface area contributed by atoms with Crippen molar-refractivity contribution in [3.05, 3.63) is 218 Å². The molecular formula is C59H36N6. The molecule has 4 aromatic heterocycles. The van der Waals surface area contributed by atoms with Gasteiger partial charge >= 0.3 is 0 Å². The standard InChI is InChI=1S/C59H36N6/c1-2-18-43(19-3-1)63-50-24-12-9-21-47(50)55-52(63)32-33-53-56(55)48-22-10-13-25-51(48)64(53)44-30-31-46-45-20-8-11-23-49(45)65(54(46)36-44)59-61-57(41-28-26-37-14-4-6-16-39(37)34-41)60-58(62-59)42-29-27-38-15-5-7-17-40(38)35-42/h1-36H. The van der Waals surface area contributed by atoms with Crippen LogP contribution in [0.25, 0.3) is 127 Å². The van der Waals surface area contributed by atoms with E-state index >= 15 is 0 Å². The highest BCUT2D eigenvalue weighted by atomic mass is 15.2. The molecule has 0 saturated carbocycles. The minimum absolute atomic E-state index is 0.562. The Bertz CT molecular complexity index is 4150. The molecule has 0 radical (unpaired) electrons. The molecule has 0 aliphatic rings. The van der Waals surface area contributed by atoms with Crippen LogP contribution in [0.3, 0.4) is 0 Å². The summed E-state index contributed by atoms with van der Waals surface area (Å²) in [7, 11) is 0. The first-order chi connectivity index (χ1) is 32.2. The Morgan fingerprint density at radius 2 is 0.723 bits per heavy atom. The SMILES string of the molecule is c1ccc(-n2c3ccccc3c3c4c5ccccc5n(-c5ccc6c7ccccc7n(-c7nc(-c8ccc9ccccc9c8)nc(-c8ccc9ccccc9c8)n7)c6c5)c4ccc32)cc1. The lowest BCUT2D eigenvalue weighted by molar-refractivity contribution is 0.953. The van der Waals surface area contributed by atoms with Crippen LogP contribution in [0.4, 0.5) is 0 Å². The monoisotopic (exact) mass is 828 g/mol. The maximum absolute atomic E-state index is 5.36. The summed E-state index contributed by atoms with van der Waals surface area (Å²) in [5.41, 5.74) is 10.8. The maximum Gasteiger partial charge on any atom is 0.238 e. The van der Waals surface area contributed by atoms with E-state index < -0.39 is 0 Å². The van der Waals surface area contributed by atoms with E-state index in [1.54, 1.807) is 0 Å². The quantitative estimate of drug-likeness (QED) is 0.174. The first kappa shape index (κ1) is 35.7. The molecule has 0 bridgehead atoms. The average Bonchev–Trinajstić information content (AvgIpc) is 4.01. The maximum atomic E-state index is 5.36. The van der Waals surface area contributed by atoms with Gasteiger partial charge in [-0.15, -0.1) is 0 Å². The molecule has 6 heteroatoms. The van der Waals surface area contributed by atoms with Gasteiger partial charge in [0.2, 0.25) is 5.95 Å². The molecule has 0 spiro atoms. The second-order valence-corrected chi connectivity index (χ2v) is 16.9. The third-order valence-electron chi connectivity index (χ3n) is 13.2. The van der Waals surface area contributed by atoms with Gasteiger partial charge < -0.3 is 9.13 Å². The fourth-order valence-electron chi connectivity index (χ4n) is 10.3. The molecule has 4 heterocycles. The Morgan fingerprint density at radius 3 is 1.31 bits per heavy atom. The van der Waals surface area contributed by atoms with Crippen molar-refractivity contribution >= 4 is 87.0 Å². The molecule has 0 aliphatic heterocycles. The van der Waals surface area contributed by atoms with Gasteiger partial charge in [-0.2, -0.15) is 9.97 Å². The second kappa shape index (κ2) is 13.8. The second-order valence-electron chi connectivity index (χ2n) is 16.9. The van der Waals surface area contributed by atoms with Crippen molar-refractivity contribution in [3.8, 4) is 40.1 Å². The van der Waals surface area contributed by atoms with Crippen LogP contribution < -0.4 is 0 Å². The summed E-state index contributed by atoms with van der Waals surface area (Å²) in [6.45, 7) is 0. The number of nitrogens with zero attached hydrogens (tertiary/aromatic N) is 6. The molecular weight excluding hydrogens is 793 g/mol. The third-order valence-corrected chi connectivity index (χ3v) is 13.2. The van der Waals surface area contributed by atoms with Crippen LogP contribution in [0.15, 0.2) is 218 Å². The molecule has 14 aromatic rings. The molecule has 302 valence electrons. The number of para-hydroxylation sites is 4. The topological polar surface area (TPSA) is 53.5 Å². The van der Waals surface area contributed by atoms with Gasteiger partial charge in [0.15, 0.2) is 11.6 Å². The fraction of sp³-hybridized carbons (Fsp3) is 0. The number of benzene rings is 10. The zero-order valence-electron chi connectivity index (χ0n) is 35.0. The Labute approximate surface area is 372 Å². The first-order valence-corrected chi connectivity index (χ1v) is 22.0. The summed E-state index contributed by atoms with van der Waals surface area (Å²) in [6.07, 6.45) is 0. The molecule has 0 unspecified atom stereocenters. The summed E-state index contributed by atoms with van der Waals surface area (Å²) in [6, 6.07) is 78.0. The van der Waals surface area contributed by atoms with Crippen molar-refractivity contribution < 1.29 is 0 Å². The predicted octanol–water partition coefficient (Wildman–Crippen LogP) is 14.8. The average molecular weight is 829 g/mol. The van der Waals surface area contributed by atoms with E-state index in [9.17, 15) is 0 Å². The predicted molar refractivity (Wildman–Crippen MR) is 269 cm³/mol. The molecule has 0 fully saturated rings. The molecule has 14 rings (SSSR count). The number of aromatic nitrogens is 6. The Balaban J connectivity index is 1.04. The molecule has 0 aliphatic carbocycles. The molecule has 65 heavy (non-hydrogen) atoms. The Kier molecular flexibility index (Phi) is 7.59. The van der Waals surface area contributed by atoms with Crippen LogP contribution >= 0.6 is 0 Å². The van der Waals surface area contributed by atoms with Crippen molar-refractivity contribution in [1.29, 1.82) is 0 Å². The summed E-state index contributed by atoms with van der Waals surface area (Å²) < 4.78 is 7.05. The van der Waals surface area contributed by atoms with Crippen LogP contribution in [0.1, 0.15) is 0 Å². The van der Waals surface area contributed by atoms with E-state index in [-0.39, 0.29) is 0 Å². The van der Waals surface area contributed by atoms with Crippen LogP contribution in [-0.4, -0.2) is 28.7 Å². The lowest BCUT2D eigenvalue weighted by Gasteiger charge is -2.13. The van der Waals surface area contributed by atoms with E-state index in [4.69, 9.17) is 15.0 Å². The van der Waals surface area contributed by atoms with Crippen molar-refractivity contribution in [3.63, 3.8) is 0 Å². The van der Waals surface area contributed by atoms with Gasteiger partial charge in [0.05, 0.1) is 33.1 Å². The fourth-order valence-corrected chi connectivity index (χ4v) is 10.3. The van der Waals surface area contributed by atoms with E-state index in [1.807, 2.05) is 0 Å². The number of rotatable bonds is 5. The first-order valence-electron chi connectivity index (χ1n) is 22.0. The normalized spacial score (nSPS) is 12.0. The summed E-state index contributed by atoms with van der Waals surface area (Å²) in [5, 5.41) is 11.8. The zero-order valence-corrected chi connectivity index (χ0v) is 35.0. The lowest BCUT2D eigenvalue weighted by atomic mass is 10.1. The smallest absolute Gasteiger partial charge is 0.238 e. The van der Waals surface area contributed by atoms with Crippen molar-refractivity contribution in [2.45, 2.75) is 0 Å². The summed E-state index contributed by atoms with van der Waals surface area (Å²) in [5.74, 6) is 1.80. The highest BCUT2D eigenvalue weighted by Gasteiger charge is 2.23. The largest absolute Gasteiger partial charge is 0.309 e. The zero-order chi connectivity index (χ0) is 42.6. The van der Waals surface area contributed by atoms with Gasteiger partial charge in [-0.25, -0.2) is 4.98 Å². The summed E-state index contributed by atoms with van der Waals surface area (Å²) in [4.78, 5) is 15.9. The van der Waals surface area contributed by atoms with Gasteiger partial charge in [-0.05, 0) is 88.3 Å². The third kappa shape index (κ3) is 5.38. The van der Waals surface area contributed by atoms with E-state index in [0.29, 0.717) is 17.6 Å². The van der Waals surface area contributed by atoms with Crippen molar-refractivity contribution in [2.24, 2.45) is 0 Å². The Hall–Kier alpha value is -8.87. The molecule has 0 saturated heterocycles. The van der Waals surface area contributed by atoms with Gasteiger partial charge in [-0.3, -0.25) is 4.57 Å². The minimum Gasteiger partial charge on any atom is -0.309 e. The van der Waals surface area contributed by atoms with Crippen molar-refractivity contribution in [1.82, 2.24) is 28.7 Å². The number of hydrogen-bond donors (Lipinski definition) is 0. The number of fused-ring (bicyclic) bond motifs is 12. The van der Waals surface area contributed by atoms with Crippen molar-refractivity contribution in [2.75, 3.05) is 0 Å². The highest BCUT2D eigenvalue weighted by molar-refractivity contribution is 6.29. The van der Waals surface area contributed by atoms with Gasteiger partial charge in [0.25, 0.3) is 0 Å². The van der Waals surface area contributed by atoms with Crippen LogP contribution in [-0.2, 0) is 0 Å². The van der Waals surface area contributed by atoms with Crippen LogP contribution in [0.5, 0.6) is 0 Å². The van der Waals surface area contributed by atoms with E-state index in [2.05, 4.69) is 232 Å². The van der Waals surface area contributed by atoms with Crippen LogP contribution in [0, 0.1) is 0 Å². The van der Waals surface area contributed by atoms with Gasteiger partial charge in [-0.1, -0.05) is 152 Å². The number of hydrogen-bond acceptors (Lipinski definition) is 3. The van der Waals surface area contributed by atoms with Gasteiger partial charge in [0.1, 0.15) is 0 Å². The Morgan fingerprint density at radius 1 is 0.262 bits per heavy atom. The lowest BCUT2D eigenvalue weighted by Crippen LogP contribution is -2.06. The molecule has 6 nitrogen and oxygen atoms in total. The van der Waals surface area contributed by atoms with Crippen LogP contribution in [0.2, 0.25) is 0 Å². The summed E-state index contributed by atoms with van der Waals surface area (Å²) >= 11 is 0. The highest BCUT2D eigenvalue weighted by Crippen LogP contribution is 2.43.